The van der Waals surface area contributed by atoms with Gasteiger partial charge in [0.25, 0.3) is 0 Å². The number of imidazole rings is 1. The topological polar surface area (TPSA) is 67.6 Å². The Balaban J connectivity index is 2.08. The maximum Gasteiger partial charge on any atom is 0.346 e. The monoisotopic (exact) mass is 259 g/mol. The number of carboxylic acid groups (broad SMARTS) is 1. The minimum absolute atomic E-state index is 0.233. The number of fused-ring (bicyclic) bond motifs is 1. The summed E-state index contributed by atoms with van der Waals surface area (Å²) in [7, 11) is 1.87. The van der Waals surface area contributed by atoms with Crippen LogP contribution < -0.4 is 9.64 Å². The third-order valence-corrected chi connectivity index (χ3v) is 3.09. The lowest BCUT2D eigenvalue weighted by Gasteiger charge is -2.33. The van der Waals surface area contributed by atoms with Gasteiger partial charge in [0.2, 0.25) is 12.1 Å². The summed E-state index contributed by atoms with van der Waals surface area (Å²) in [6.45, 7) is 0.233. The van der Waals surface area contributed by atoms with E-state index in [0.29, 0.717) is 11.7 Å². The Morgan fingerprint density at radius 2 is 2.26 bits per heavy atom. The number of anilines is 2. The first-order valence-electron chi connectivity index (χ1n) is 5.90. The van der Waals surface area contributed by atoms with Crippen LogP contribution >= 0.6 is 0 Å². The molecule has 0 fully saturated rings. The van der Waals surface area contributed by atoms with Crippen molar-refractivity contribution in [3.63, 3.8) is 0 Å². The van der Waals surface area contributed by atoms with E-state index < -0.39 is 12.1 Å². The summed E-state index contributed by atoms with van der Waals surface area (Å²) < 4.78 is 7.33. The normalized spacial score (nSPS) is 17.7. The number of rotatable bonds is 2. The molecule has 1 atom stereocenters. The van der Waals surface area contributed by atoms with E-state index in [4.69, 9.17) is 9.84 Å². The Bertz CT molecular complexity index is 623. The van der Waals surface area contributed by atoms with E-state index in [0.717, 1.165) is 5.69 Å². The lowest BCUT2D eigenvalue weighted by Crippen LogP contribution is -2.43. The lowest BCUT2D eigenvalue weighted by molar-refractivity contribution is -0.144. The number of para-hydroxylation sites is 2. The van der Waals surface area contributed by atoms with Crippen molar-refractivity contribution in [1.82, 2.24) is 9.55 Å². The first-order chi connectivity index (χ1) is 9.16. The summed E-state index contributed by atoms with van der Waals surface area (Å²) in [6, 6.07) is 7.36. The zero-order valence-electron chi connectivity index (χ0n) is 10.4. The molecule has 3 rings (SSSR count). The van der Waals surface area contributed by atoms with E-state index in [1.54, 1.807) is 12.3 Å². The van der Waals surface area contributed by atoms with Crippen molar-refractivity contribution in [2.75, 3.05) is 11.4 Å². The number of benzene rings is 1. The fourth-order valence-electron chi connectivity index (χ4n) is 2.17. The molecule has 2 heterocycles. The lowest BCUT2D eigenvalue weighted by atomic mass is 10.2. The molecule has 1 aliphatic rings. The molecule has 0 saturated heterocycles. The highest BCUT2D eigenvalue weighted by Crippen LogP contribution is 2.36. The van der Waals surface area contributed by atoms with Gasteiger partial charge < -0.3 is 19.3 Å². The fraction of sp³-hybridized carbons (Fsp3) is 0.231. The van der Waals surface area contributed by atoms with Crippen LogP contribution in [-0.4, -0.2) is 33.3 Å². The van der Waals surface area contributed by atoms with Gasteiger partial charge in [-0.15, -0.1) is 0 Å². The number of hydrogen-bond acceptors (Lipinski definition) is 4. The summed E-state index contributed by atoms with van der Waals surface area (Å²) in [5.41, 5.74) is 0.828. The van der Waals surface area contributed by atoms with Gasteiger partial charge in [0.05, 0.1) is 12.2 Å². The second-order valence-corrected chi connectivity index (χ2v) is 4.36. The molecule has 0 bridgehead atoms. The number of ether oxygens (including phenoxy) is 1. The Morgan fingerprint density at radius 3 is 2.95 bits per heavy atom. The summed E-state index contributed by atoms with van der Waals surface area (Å²) in [5.74, 6) is 0.278. The van der Waals surface area contributed by atoms with E-state index in [9.17, 15) is 4.79 Å². The Morgan fingerprint density at radius 1 is 1.47 bits per heavy atom. The number of aryl methyl sites for hydroxylation is 1. The van der Waals surface area contributed by atoms with Crippen LogP contribution in [0, 0.1) is 0 Å². The van der Waals surface area contributed by atoms with Crippen molar-refractivity contribution in [3.05, 3.63) is 36.7 Å². The maximum absolute atomic E-state index is 11.2. The predicted molar refractivity (Wildman–Crippen MR) is 68.7 cm³/mol. The first kappa shape index (κ1) is 11.6. The number of nitrogens with zero attached hydrogens (tertiary/aromatic N) is 3. The van der Waals surface area contributed by atoms with Gasteiger partial charge in [0.15, 0.2) is 0 Å². The summed E-state index contributed by atoms with van der Waals surface area (Å²) in [4.78, 5) is 17.3. The fourth-order valence-corrected chi connectivity index (χ4v) is 2.17. The van der Waals surface area contributed by atoms with E-state index in [-0.39, 0.29) is 6.54 Å². The molecule has 0 aliphatic carbocycles. The smallest absolute Gasteiger partial charge is 0.346 e. The van der Waals surface area contributed by atoms with Gasteiger partial charge in [-0.2, -0.15) is 0 Å². The molecule has 0 spiro atoms. The van der Waals surface area contributed by atoms with Crippen molar-refractivity contribution in [2.45, 2.75) is 6.10 Å². The summed E-state index contributed by atoms with van der Waals surface area (Å²) in [5, 5.41) is 9.17. The van der Waals surface area contributed by atoms with Crippen molar-refractivity contribution >= 4 is 17.6 Å². The maximum atomic E-state index is 11.2. The van der Waals surface area contributed by atoms with Gasteiger partial charge in [-0.3, -0.25) is 0 Å². The van der Waals surface area contributed by atoms with Gasteiger partial charge in [-0.05, 0) is 12.1 Å². The number of aromatic nitrogens is 2. The molecule has 19 heavy (non-hydrogen) atoms. The van der Waals surface area contributed by atoms with Gasteiger partial charge in [0, 0.05) is 19.4 Å². The number of carboxylic acids is 1. The van der Waals surface area contributed by atoms with Crippen LogP contribution in [0.3, 0.4) is 0 Å². The molecule has 6 heteroatoms. The highest BCUT2D eigenvalue weighted by atomic mass is 16.5. The zero-order valence-corrected chi connectivity index (χ0v) is 10.4. The van der Waals surface area contributed by atoms with Crippen LogP contribution in [0.5, 0.6) is 5.75 Å². The van der Waals surface area contributed by atoms with Crippen molar-refractivity contribution in [3.8, 4) is 5.75 Å². The second-order valence-electron chi connectivity index (χ2n) is 4.36. The van der Waals surface area contributed by atoms with Crippen LogP contribution in [0.4, 0.5) is 11.6 Å². The van der Waals surface area contributed by atoms with Crippen LogP contribution in [0.1, 0.15) is 0 Å². The average Bonchev–Trinajstić information content (AvgIpc) is 2.83. The van der Waals surface area contributed by atoms with Gasteiger partial charge in [0.1, 0.15) is 5.75 Å². The Hall–Kier alpha value is -2.50. The van der Waals surface area contributed by atoms with Crippen molar-refractivity contribution < 1.29 is 14.6 Å². The molecule has 0 radical (unpaired) electrons. The molecule has 6 nitrogen and oxygen atoms in total. The third kappa shape index (κ3) is 1.91. The summed E-state index contributed by atoms with van der Waals surface area (Å²) in [6.07, 6.45) is 2.61. The largest absolute Gasteiger partial charge is 0.478 e. The Labute approximate surface area is 109 Å². The molecule has 0 amide bonds. The van der Waals surface area contributed by atoms with E-state index in [2.05, 4.69) is 4.98 Å². The number of hydrogen-bond donors (Lipinski definition) is 1. The van der Waals surface area contributed by atoms with Crippen LogP contribution in [0.25, 0.3) is 0 Å². The number of carbonyl (C=O) groups is 1. The molecule has 0 saturated carbocycles. The van der Waals surface area contributed by atoms with Gasteiger partial charge in [-0.25, -0.2) is 9.78 Å². The van der Waals surface area contributed by atoms with Gasteiger partial charge in [-0.1, -0.05) is 12.1 Å². The number of aliphatic carboxylic acids is 1. The second kappa shape index (κ2) is 4.31. The van der Waals surface area contributed by atoms with Crippen LogP contribution in [0.2, 0.25) is 0 Å². The molecule has 1 aromatic heterocycles. The standard InChI is InChI=1S/C13H13N3O3/c1-15-7-6-14-13(15)16-8-11(12(17)18)19-10-5-3-2-4-9(10)16/h2-7,11H,8H2,1H3,(H,17,18). The molecular weight excluding hydrogens is 246 g/mol. The molecule has 1 aromatic carbocycles. The van der Waals surface area contributed by atoms with E-state index in [1.807, 2.05) is 40.9 Å². The molecule has 2 aromatic rings. The minimum Gasteiger partial charge on any atom is -0.478 e. The van der Waals surface area contributed by atoms with Crippen molar-refractivity contribution in [1.29, 1.82) is 0 Å². The van der Waals surface area contributed by atoms with Crippen molar-refractivity contribution in [2.24, 2.45) is 7.05 Å². The van der Waals surface area contributed by atoms with E-state index in [1.165, 1.54) is 0 Å². The highest BCUT2D eigenvalue weighted by molar-refractivity contribution is 5.78. The van der Waals surface area contributed by atoms with Crippen LogP contribution in [-0.2, 0) is 11.8 Å². The molecular formula is C13H13N3O3. The predicted octanol–water partition coefficient (Wildman–Crippen LogP) is 1.40. The summed E-state index contributed by atoms with van der Waals surface area (Å²) >= 11 is 0. The molecule has 1 N–H and O–H groups in total. The highest BCUT2D eigenvalue weighted by Gasteiger charge is 2.32. The molecule has 1 aliphatic heterocycles. The van der Waals surface area contributed by atoms with Gasteiger partial charge >= 0.3 is 5.97 Å². The van der Waals surface area contributed by atoms with Crippen LogP contribution in [0.15, 0.2) is 36.7 Å². The average molecular weight is 259 g/mol. The molecule has 1 unspecified atom stereocenters. The van der Waals surface area contributed by atoms with E-state index >= 15 is 0 Å². The molecule has 98 valence electrons. The zero-order chi connectivity index (χ0) is 13.4. The SMILES string of the molecule is Cn1ccnc1N1CC(C(=O)O)Oc2ccccc21. The first-order valence-corrected chi connectivity index (χ1v) is 5.90. The quantitative estimate of drug-likeness (QED) is 0.883. The minimum atomic E-state index is -0.978. The third-order valence-electron chi connectivity index (χ3n) is 3.09. The Kier molecular flexibility index (Phi) is 2.63.